The molecule has 2 aliphatic heterocycles. The van der Waals surface area contributed by atoms with E-state index < -0.39 is 0 Å². The molecule has 0 N–H and O–H groups in total. The predicted molar refractivity (Wildman–Crippen MR) is 80.6 cm³/mol. The summed E-state index contributed by atoms with van der Waals surface area (Å²) in [5, 5.41) is 1.15. The van der Waals surface area contributed by atoms with Crippen molar-refractivity contribution in [2.75, 3.05) is 13.2 Å². The number of aromatic nitrogens is 1. The fourth-order valence-corrected chi connectivity index (χ4v) is 3.49. The summed E-state index contributed by atoms with van der Waals surface area (Å²) in [6.45, 7) is 9.96. The zero-order valence-corrected chi connectivity index (χ0v) is 13.5. The molecule has 6 heteroatoms. The first-order valence-corrected chi connectivity index (χ1v) is 8.10. The average Bonchev–Trinajstić information content (AvgIpc) is 2.94. The number of ether oxygens (including phenoxy) is 1. The Labute approximate surface area is 125 Å². The van der Waals surface area contributed by atoms with Crippen molar-refractivity contribution in [1.29, 1.82) is 0 Å². The molecular weight excluding hydrogens is 273 g/mol. The second-order valence-corrected chi connectivity index (χ2v) is 7.70. The van der Waals surface area contributed by atoms with Crippen LogP contribution in [0.4, 0.5) is 0 Å². The van der Waals surface area contributed by atoms with E-state index in [1.54, 1.807) is 11.3 Å². The molecule has 2 saturated heterocycles. The molecule has 110 valence electrons. The van der Waals surface area contributed by atoms with Crippen LogP contribution < -0.4 is 4.78 Å². The van der Waals surface area contributed by atoms with E-state index in [9.17, 15) is 0 Å². The third-order valence-corrected chi connectivity index (χ3v) is 5.72. The number of hydrogen-bond donors (Lipinski definition) is 0. The molecule has 0 spiro atoms. The third-order valence-electron chi connectivity index (χ3n) is 4.54. The van der Waals surface area contributed by atoms with Crippen molar-refractivity contribution in [3.63, 3.8) is 0 Å². The molecular formula is C14H22BNO3S. The van der Waals surface area contributed by atoms with Gasteiger partial charge >= 0.3 is 7.12 Å². The molecule has 0 radical (unpaired) electrons. The number of hydrogen-bond acceptors (Lipinski definition) is 5. The van der Waals surface area contributed by atoms with E-state index in [0.29, 0.717) is 5.92 Å². The molecule has 0 aromatic carbocycles. The topological polar surface area (TPSA) is 40.6 Å². The Morgan fingerprint density at radius 2 is 1.95 bits per heavy atom. The van der Waals surface area contributed by atoms with Crippen LogP contribution in [0.5, 0.6) is 0 Å². The molecule has 1 unspecified atom stereocenters. The fraction of sp³-hybridized carbons (Fsp3) is 0.786. The highest BCUT2D eigenvalue weighted by molar-refractivity contribution is 7.22. The van der Waals surface area contributed by atoms with Crippen LogP contribution >= 0.6 is 11.3 Å². The smallest absolute Gasteiger partial charge is 0.399 e. The molecule has 0 saturated carbocycles. The number of rotatable bonds is 2. The Morgan fingerprint density at radius 3 is 2.55 bits per heavy atom. The summed E-state index contributed by atoms with van der Waals surface area (Å²) >= 11 is 1.70. The van der Waals surface area contributed by atoms with Gasteiger partial charge in [0, 0.05) is 18.7 Å². The standard InChI is InChI=1S/C14H22BNO3S/c1-13(2)14(3,4)19-15(18-13)11-8-16-12(20-11)10-6-5-7-17-9-10/h8,10H,5-7,9H2,1-4H3. The Morgan fingerprint density at radius 1 is 1.25 bits per heavy atom. The molecule has 2 aliphatic rings. The van der Waals surface area contributed by atoms with Crippen molar-refractivity contribution in [3.05, 3.63) is 11.2 Å². The summed E-state index contributed by atoms with van der Waals surface area (Å²) in [6, 6.07) is 0. The Hall–Kier alpha value is -0.425. The second-order valence-electron chi connectivity index (χ2n) is 6.60. The molecule has 0 amide bonds. The highest BCUT2D eigenvalue weighted by atomic mass is 32.1. The van der Waals surface area contributed by atoms with Crippen molar-refractivity contribution < 1.29 is 14.0 Å². The largest absolute Gasteiger partial charge is 0.507 e. The van der Waals surface area contributed by atoms with E-state index in [1.165, 1.54) is 0 Å². The van der Waals surface area contributed by atoms with Gasteiger partial charge in [0.1, 0.15) is 0 Å². The summed E-state index contributed by atoms with van der Waals surface area (Å²) in [6.07, 6.45) is 4.18. The molecule has 2 fully saturated rings. The normalized spacial score (nSPS) is 28.8. The van der Waals surface area contributed by atoms with Crippen LogP contribution in [0.25, 0.3) is 0 Å². The lowest BCUT2D eigenvalue weighted by molar-refractivity contribution is 0.00578. The monoisotopic (exact) mass is 295 g/mol. The van der Waals surface area contributed by atoms with Gasteiger partial charge in [0.15, 0.2) is 0 Å². The van der Waals surface area contributed by atoms with Crippen LogP contribution in [0.2, 0.25) is 0 Å². The molecule has 1 atom stereocenters. The maximum absolute atomic E-state index is 6.07. The molecule has 0 bridgehead atoms. The van der Waals surface area contributed by atoms with Crippen molar-refractivity contribution in [2.24, 2.45) is 0 Å². The second kappa shape index (κ2) is 5.09. The Balaban J connectivity index is 1.74. The maximum Gasteiger partial charge on any atom is 0.507 e. The minimum atomic E-state index is -0.296. The van der Waals surface area contributed by atoms with Crippen molar-refractivity contribution in [3.8, 4) is 0 Å². The van der Waals surface area contributed by atoms with E-state index in [4.69, 9.17) is 14.0 Å². The van der Waals surface area contributed by atoms with Crippen LogP contribution in [-0.4, -0.2) is 36.5 Å². The van der Waals surface area contributed by atoms with E-state index in [0.717, 1.165) is 35.8 Å². The minimum absolute atomic E-state index is 0.296. The van der Waals surface area contributed by atoms with Crippen LogP contribution in [-0.2, 0) is 14.0 Å². The molecule has 3 rings (SSSR count). The van der Waals surface area contributed by atoms with E-state index in [1.807, 2.05) is 6.20 Å². The van der Waals surface area contributed by atoms with Crippen LogP contribution in [0.1, 0.15) is 51.5 Å². The summed E-state index contributed by atoms with van der Waals surface area (Å²) in [5.41, 5.74) is -0.592. The van der Waals surface area contributed by atoms with E-state index in [-0.39, 0.29) is 18.3 Å². The predicted octanol–water partition coefficient (Wildman–Crippen LogP) is 2.34. The van der Waals surface area contributed by atoms with Crippen molar-refractivity contribution >= 4 is 23.2 Å². The van der Waals surface area contributed by atoms with Gasteiger partial charge in [-0.25, -0.2) is 4.98 Å². The first-order chi connectivity index (χ1) is 9.39. The van der Waals surface area contributed by atoms with E-state index >= 15 is 0 Å². The van der Waals surface area contributed by atoms with Gasteiger partial charge in [0.05, 0.1) is 27.6 Å². The molecule has 1 aromatic rings. The molecule has 3 heterocycles. The molecule has 1 aromatic heterocycles. The molecule has 20 heavy (non-hydrogen) atoms. The first-order valence-electron chi connectivity index (χ1n) is 7.28. The van der Waals surface area contributed by atoms with Gasteiger partial charge in [-0.3, -0.25) is 0 Å². The van der Waals surface area contributed by atoms with Crippen LogP contribution in [0, 0.1) is 0 Å². The summed E-state index contributed by atoms with van der Waals surface area (Å²) in [7, 11) is -0.296. The number of nitrogens with zero attached hydrogens (tertiary/aromatic N) is 1. The lowest BCUT2D eigenvalue weighted by Gasteiger charge is -2.32. The summed E-state index contributed by atoms with van der Waals surface area (Å²) < 4.78 is 18.7. The zero-order valence-electron chi connectivity index (χ0n) is 12.6. The number of thiazole rings is 1. The van der Waals surface area contributed by atoms with Gasteiger partial charge in [-0.1, -0.05) is 0 Å². The fourth-order valence-electron chi connectivity index (χ4n) is 2.49. The van der Waals surface area contributed by atoms with Gasteiger partial charge < -0.3 is 14.0 Å². The highest BCUT2D eigenvalue weighted by Gasteiger charge is 2.52. The zero-order chi connectivity index (χ0) is 14.4. The minimum Gasteiger partial charge on any atom is -0.399 e. The molecule has 0 aliphatic carbocycles. The molecule has 4 nitrogen and oxygen atoms in total. The first kappa shape index (κ1) is 14.5. The summed E-state index contributed by atoms with van der Waals surface area (Å²) in [5.74, 6) is 0.435. The Bertz CT molecular complexity index is 467. The lowest BCUT2D eigenvalue weighted by atomic mass is 9.89. The average molecular weight is 295 g/mol. The van der Waals surface area contributed by atoms with E-state index in [2.05, 4.69) is 32.7 Å². The van der Waals surface area contributed by atoms with Crippen LogP contribution in [0.3, 0.4) is 0 Å². The van der Waals surface area contributed by atoms with Gasteiger partial charge in [-0.2, -0.15) is 0 Å². The van der Waals surface area contributed by atoms with Gasteiger partial charge in [-0.05, 0) is 40.5 Å². The highest BCUT2D eigenvalue weighted by Crippen LogP contribution is 2.37. The SMILES string of the molecule is CC1(C)OB(c2cnc(C3CCCOC3)s2)OC1(C)C. The quantitative estimate of drug-likeness (QED) is 0.785. The Kier molecular flexibility index (Phi) is 3.69. The maximum atomic E-state index is 6.07. The van der Waals surface area contributed by atoms with Crippen molar-refractivity contribution in [2.45, 2.75) is 57.7 Å². The van der Waals surface area contributed by atoms with Gasteiger partial charge in [0.25, 0.3) is 0 Å². The summed E-state index contributed by atoms with van der Waals surface area (Å²) in [4.78, 5) is 4.56. The van der Waals surface area contributed by atoms with Crippen LogP contribution in [0.15, 0.2) is 6.20 Å². The van der Waals surface area contributed by atoms with Crippen molar-refractivity contribution in [1.82, 2.24) is 4.98 Å². The van der Waals surface area contributed by atoms with Gasteiger partial charge in [-0.15, -0.1) is 11.3 Å². The third kappa shape index (κ3) is 2.54. The van der Waals surface area contributed by atoms with Gasteiger partial charge in [0.2, 0.25) is 0 Å². The lowest BCUT2D eigenvalue weighted by Crippen LogP contribution is -2.41.